The number of hydrogen-bond acceptors (Lipinski definition) is 4. The number of carbonyl (C=O) groups excluding carboxylic acids is 1. The van der Waals surface area contributed by atoms with Crippen molar-refractivity contribution in [3.63, 3.8) is 0 Å². The molecule has 1 aromatic heterocycles. The number of benzene rings is 1. The predicted octanol–water partition coefficient (Wildman–Crippen LogP) is 2.75. The molecule has 1 aliphatic heterocycles. The first-order valence-corrected chi connectivity index (χ1v) is 7.71. The number of hydrogen-bond donors (Lipinski definition) is 0. The Hall–Kier alpha value is -2.69. The lowest BCUT2D eigenvalue weighted by atomic mass is 10.1. The van der Waals surface area contributed by atoms with Crippen LogP contribution in [0, 0.1) is 0 Å². The second kappa shape index (κ2) is 6.60. The van der Waals surface area contributed by atoms with Crippen molar-refractivity contribution in [1.29, 1.82) is 0 Å². The maximum absolute atomic E-state index is 11.4. The fourth-order valence-corrected chi connectivity index (χ4v) is 2.75. The SMILES string of the molecule is C=Nc1ccc(-c2ccc(N3CCN(C(C)=O)CC3)nc2)cc1. The largest absolute Gasteiger partial charge is 0.353 e. The molecule has 0 bridgehead atoms. The van der Waals surface area contributed by atoms with Crippen LogP contribution in [-0.2, 0) is 4.79 Å². The van der Waals surface area contributed by atoms with Crippen LogP contribution in [0.1, 0.15) is 6.92 Å². The maximum atomic E-state index is 11.4. The van der Waals surface area contributed by atoms with E-state index in [1.807, 2.05) is 41.4 Å². The minimum absolute atomic E-state index is 0.144. The van der Waals surface area contributed by atoms with Crippen LogP contribution in [0.2, 0.25) is 0 Å². The molecule has 1 aromatic carbocycles. The van der Waals surface area contributed by atoms with Crippen LogP contribution in [0.25, 0.3) is 11.1 Å². The van der Waals surface area contributed by atoms with Crippen molar-refractivity contribution in [2.24, 2.45) is 4.99 Å². The molecule has 0 spiro atoms. The molecule has 0 radical (unpaired) electrons. The summed E-state index contributed by atoms with van der Waals surface area (Å²) in [7, 11) is 0. The average Bonchev–Trinajstić information content (AvgIpc) is 2.62. The highest BCUT2D eigenvalue weighted by molar-refractivity contribution is 5.73. The molecule has 0 saturated carbocycles. The van der Waals surface area contributed by atoms with E-state index in [4.69, 9.17) is 0 Å². The molecule has 1 amide bonds. The van der Waals surface area contributed by atoms with Gasteiger partial charge in [0.15, 0.2) is 0 Å². The molecule has 0 aliphatic carbocycles. The zero-order valence-corrected chi connectivity index (χ0v) is 13.3. The second-order valence-corrected chi connectivity index (χ2v) is 5.60. The normalized spacial score (nSPS) is 14.7. The highest BCUT2D eigenvalue weighted by Crippen LogP contribution is 2.24. The van der Waals surface area contributed by atoms with Gasteiger partial charge in [-0.2, -0.15) is 0 Å². The minimum atomic E-state index is 0.144. The van der Waals surface area contributed by atoms with Crippen LogP contribution in [-0.4, -0.2) is 48.7 Å². The number of nitrogens with zero attached hydrogens (tertiary/aromatic N) is 4. The molecular formula is C18H20N4O. The lowest BCUT2D eigenvalue weighted by Crippen LogP contribution is -2.48. The van der Waals surface area contributed by atoms with Gasteiger partial charge in [-0.15, -0.1) is 0 Å². The number of carbonyl (C=O) groups is 1. The summed E-state index contributed by atoms with van der Waals surface area (Å²) in [6.07, 6.45) is 1.89. The fourth-order valence-electron chi connectivity index (χ4n) is 2.75. The zero-order valence-electron chi connectivity index (χ0n) is 13.3. The Labute approximate surface area is 136 Å². The number of pyridine rings is 1. The second-order valence-electron chi connectivity index (χ2n) is 5.60. The van der Waals surface area contributed by atoms with Gasteiger partial charge in [-0.1, -0.05) is 12.1 Å². The van der Waals surface area contributed by atoms with Crippen LogP contribution < -0.4 is 4.90 Å². The molecule has 0 atom stereocenters. The Kier molecular flexibility index (Phi) is 4.37. The Morgan fingerprint density at radius 3 is 2.22 bits per heavy atom. The van der Waals surface area contributed by atoms with E-state index in [1.165, 1.54) is 0 Å². The number of amides is 1. The highest BCUT2D eigenvalue weighted by Gasteiger charge is 2.19. The topological polar surface area (TPSA) is 48.8 Å². The van der Waals surface area contributed by atoms with E-state index in [0.717, 1.165) is 48.8 Å². The lowest BCUT2D eigenvalue weighted by Gasteiger charge is -2.34. The molecule has 5 heteroatoms. The van der Waals surface area contributed by atoms with Gasteiger partial charge in [-0.25, -0.2) is 4.98 Å². The molecule has 118 valence electrons. The van der Waals surface area contributed by atoms with Gasteiger partial charge in [0.2, 0.25) is 5.91 Å². The molecule has 2 aromatic rings. The van der Waals surface area contributed by atoms with Gasteiger partial charge in [-0.3, -0.25) is 9.79 Å². The summed E-state index contributed by atoms with van der Waals surface area (Å²) in [5.74, 6) is 1.10. The van der Waals surface area contributed by atoms with Crippen molar-refractivity contribution in [2.75, 3.05) is 31.1 Å². The third-order valence-electron chi connectivity index (χ3n) is 4.18. The Morgan fingerprint density at radius 2 is 1.70 bits per heavy atom. The molecule has 5 nitrogen and oxygen atoms in total. The van der Waals surface area contributed by atoms with E-state index in [0.29, 0.717) is 0 Å². The van der Waals surface area contributed by atoms with Crippen LogP contribution >= 0.6 is 0 Å². The fraction of sp³-hybridized carbons (Fsp3) is 0.278. The van der Waals surface area contributed by atoms with Gasteiger partial charge >= 0.3 is 0 Å². The maximum Gasteiger partial charge on any atom is 0.219 e. The van der Waals surface area contributed by atoms with Crippen LogP contribution in [0.4, 0.5) is 11.5 Å². The average molecular weight is 308 g/mol. The zero-order chi connectivity index (χ0) is 16.2. The van der Waals surface area contributed by atoms with Gasteiger partial charge in [0.25, 0.3) is 0 Å². The van der Waals surface area contributed by atoms with Crippen molar-refractivity contribution in [3.8, 4) is 11.1 Å². The minimum Gasteiger partial charge on any atom is -0.353 e. The van der Waals surface area contributed by atoms with Crippen LogP contribution in [0.15, 0.2) is 47.6 Å². The first kappa shape index (κ1) is 15.2. The molecular weight excluding hydrogens is 288 g/mol. The Bertz CT molecular complexity index is 686. The Morgan fingerprint density at radius 1 is 1.04 bits per heavy atom. The number of aliphatic imine (C=N–C) groups is 1. The summed E-state index contributed by atoms with van der Waals surface area (Å²) in [6.45, 7) is 8.31. The lowest BCUT2D eigenvalue weighted by molar-refractivity contribution is -0.129. The van der Waals surface area contributed by atoms with Gasteiger partial charge in [0, 0.05) is 44.9 Å². The van der Waals surface area contributed by atoms with Gasteiger partial charge < -0.3 is 9.80 Å². The van der Waals surface area contributed by atoms with E-state index < -0.39 is 0 Å². The predicted molar refractivity (Wildman–Crippen MR) is 93.3 cm³/mol. The van der Waals surface area contributed by atoms with Crippen LogP contribution in [0.3, 0.4) is 0 Å². The van der Waals surface area contributed by atoms with Crippen molar-refractivity contribution < 1.29 is 4.79 Å². The van der Waals surface area contributed by atoms with Crippen molar-refractivity contribution in [3.05, 3.63) is 42.6 Å². The number of anilines is 1. The summed E-state index contributed by atoms with van der Waals surface area (Å²) in [5.41, 5.74) is 3.05. The molecule has 1 fully saturated rings. The summed E-state index contributed by atoms with van der Waals surface area (Å²) in [6, 6.07) is 12.0. The first-order chi connectivity index (χ1) is 11.2. The summed E-state index contributed by atoms with van der Waals surface area (Å²) in [5, 5.41) is 0. The number of piperazine rings is 1. The van der Waals surface area contributed by atoms with Crippen molar-refractivity contribution >= 4 is 24.1 Å². The third-order valence-corrected chi connectivity index (χ3v) is 4.18. The summed E-state index contributed by atoms with van der Waals surface area (Å²) < 4.78 is 0. The molecule has 23 heavy (non-hydrogen) atoms. The molecule has 2 heterocycles. The molecule has 1 aliphatic rings. The monoisotopic (exact) mass is 308 g/mol. The van der Waals surface area contributed by atoms with E-state index in [1.54, 1.807) is 6.92 Å². The first-order valence-electron chi connectivity index (χ1n) is 7.71. The smallest absolute Gasteiger partial charge is 0.219 e. The van der Waals surface area contributed by atoms with Crippen molar-refractivity contribution in [1.82, 2.24) is 9.88 Å². The van der Waals surface area contributed by atoms with E-state index in [2.05, 4.69) is 27.7 Å². The van der Waals surface area contributed by atoms with Gasteiger partial charge in [0.1, 0.15) is 5.82 Å². The summed E-state index contributed by atoms with van der Waals surface area (Å²) in [4.78, 5) is 23.9. The standard InChI is InChI=1S/C18H20N4O/c1-14(23)21-9-11-22(12-10-21)18-8-5-16(13-20-18)15-3-6-17(19-2)7-4-15/h3-8,13H,2,9-12H2,1H3. The van der Waals surface area contributed by atoms with E-state index in [-0.39, 0.29) is 5.91 Å². The third kappa shape index (κ3) is 3.39. The number of rotatable bonds is 3. The van der Waals surface area contributed by atoms with Crippen molar-refractivity contribution in [2.45, 2.75) is 6.92 Å². The molecule has 0 unspecified atom stereocenters. The van der Waals surface area contributed by atoms with Gasteiger partial charge in [0.05, 0.1) is 5.69 Å². The molecule has 3 rings (SSSR count). The summed E-state index contributed by atoms with van der Waals surface area (Å²) >= 11 is 0. The highest BCUT2D eigenvalue weighted by atomic mass is 16.2. The Balaban J connectivity index is 1.69. The van der Waals surface area contributed by atoms with Gasteiger partial charge in [-0.05, 0) is 36.5 Å². The molecule has 0 N–H and O–H groups in total. The quantitative estimate of drug-likeness (QED) is 0.819. The van der Waals surface area contributed by atoms with Crippen LogP contribution in [0.5, 0.6) is 0 Å². The van der Waals surface area contributed by atoms with E-state index >= 15 is 0 Å². The number of aromatic nitrogens is 1. The van der Waals surface area contributed by atoms with E-state index in [9.17, 15) is 4.79 Å². The molecule has 1 saturated heterocycles.